The molecule has 0 aliphatic heterocycles. The number of carbonyl (C=O) groups excluding carboxylic acids is 1. The number of anilines is 1. The summed E-state index contributed by atoms with van der Waals surface area (Å²) in [6.45, 7) is 5.83. The first-order chi connectivity index (χ1) is 9.38. The van der Waals surface area contributed by atoms with Gasteiger partial charge in [-0.2, -0.15) is 5.10 Å². The predicted octanol–water partition coefficient (Wildman–Crippen LogP) is 2.81. The van der Waals surface area contributed by atoms with Gasteiger partial charge in [0.2, 0.25) is 0 Å². The monoisotopic (exact) mass is 273 g/mol. The summed E-state index contributed by atoms with van der Waals surface area (Å²) < 4.78 is 1.58. The number of aromatic nitrogens is 2. The van der Waals surface area contributed by atoms with Crippen molar-refractivity contribution in [1.29, 1.82) is 0 Å². The van der Waals surface area contributed by atoms with Crippen LogP contribution in [0.15, 0.2) is 24.4 Å². The van der Waals surface area contributed by atoms with E-state index in [1.807, 2.05) is 26.8 Å². The van der Waals surface area contributed by atoms with E-state index in [0.29, 0.717) is 11.4 Å². The number of amides is 1. The van der Waals surface area contributed by atoms with Crippen LogP contribution in [0.5, 0.6) is 5.75 Å². The van der Waals surface area contributed by atoms with E-state index in [0.717, 1.165) is 11.1 Å². The molecule has 1 aromatic carbocycles. The zero-order valence-corrected chi connectivity index (χ0v) is 12.1. The fraction of sp³-hybridized carbons (Fsp3) is 0.333. The fourth-order valence-corrected chi connectivity index (χ4v) is 2.03. The highest BCUT2D eigenvalue weighted by Gasteiger charge is 2.14. The summed E-state index contributed by atoms with van der Waals surface area (Å²) in [5.74, 6) is 0.184. The molecular weight excluding hydrogens is 254 g/mol. The van der Waals surface area contributed by atoms with Crippen molar-refractivity contribution in [1.82, 2.24) is 9.78 Å². The van der Waals surface area contributed by atoms with Gasteiger partial charge in [-0.1, -0.05) is 13.8 Å². The van der Waals surface area contributed by atoms with Crippen molar-refractivity contribution >= 4 is 11.6 Å². The van der Waals surface area contributed by atoms with E-state index in [9.17, 15) is 9.90 Å². The Balaban J connectivity index is 2.29. The van der Waals surface area contributed by atoms with Crippen molar-refractivity contribution < 1.29 is 9.90 Å². The van der Waals surface area contributed by atoms with Crippen LogP contribution in [0.2, 0.25) is 0 Å². The Morgan fingerprint density at radius 3 is 2.65 bits per heavy atom. The molecule has 0 radical (unpaired) electrons. The van der Waals surface area contributed by atoms with E-state index in [1.54, 1.807) is 30.1 Å². The zero-order valence-electron chi connectivity index (χ0n) is 12.1. The summed E-state index contributed by atoms with van der Waals surface area (Å²) in [7, 11) is 1.76. The lowest BCUT2D eigenvalue weighted by atomic mass is 9.99. The molecule has 0 atom stereocenters. The van der Waals surface area contributed by atoms with Gasteiger partial charge in [-0.3, -0.25) is 9.48 Å². The van der Waals surface area contributed by atoms with Gasteiger partial charge in [0.25, 0.3) is 5.91 Å². The molecule has 5 heteroatoms. The lowest BCUT2D eigenvalue weighted by Crippen LogP contribution is -2.14. The standard InChI is InChI=1S/C15H19N3O2/c1-9(2)11-8-13(10(3)7-14(11)19)16-15(20)12-5-6-18(4)17-12/h5-9,19H,1-4H3,(H,16,20). The molecule has 0 unspecified atom stereocenters. The molecule has 0 saturated carbocycles. The minimum Gasteiger partial charge on any atom is -0.508 e. The molecule has 2 N–H and O–H groups in total. The molecule has 0 aliphatic carbocycles. The lowest BCUT2D eigenvalue weighted by molar-refractivity contribution is 0.102. The van der Waals surface area contributed by atoms with Crippen LogP contribution >= 0.6 is 0 Å². The van der Waals surface area contributed by atoms with Crippen LogP contribution in [0.1, 0.15) is 41.4 Å². The summed E-state index contributed by atoms with van der Waals surface area (Å²) >= 11 is 0. The van der Waals surface area contributed by atoms with Crippen LogP contribution in [0.25, 0.3) is 0 Å². The number of nitrogens with zero attached hydrogens (tertiary/aromatic N) is 2. The van der Waals surface area contributed by atoms with Crippen LogP contribution in [0.4, 0.5) is 5.69 Å². The molecule has 0 fully saturated rings. The number of aryl methyl sites for hydroxylation is 2. The smallest absolute Gasteiger partial charge is 0.276 e. The number of aromatic hydroxyl groups is 1. The van der Waals surface area contributed by atoms with Crippen LogP contribution in [-0.4, -0.2) is 20.8 Å². The second kappa shape index (κ2) is 5.36. The van der Waals surface area contributed by atoms with Gasteiger partial charge in [0.05, 0.1) is 0 Å². The third-order valence-corrected chi connectivity index (χ3v) is 3.19. The number of benzene rings is 1. The molecule has 2 rings (SSSR count). The van der Waals surface area contributed by atoms with E-state index >= 15 is 0 Å². The van der Waals surface area contributed by atoms with Gasteiger partial charge in [0.1, 0.15) is 5.75 Å². The molecule has 0 aliphatic rings. The average Bonchev–Trinajstić information content (AvgIpc) is 2.79. The minimum atomic E-state index is -0.255. The maximum Gasteiger partial charge on any atom is 0.276 e. The molecule has 106 valence electrons. The molecule has 0 bridgehead atoms. The van der Waals surface area contributed by atoms with Gasteiger partial charge in [-0.15, -0.1) is 0 Å². The third kappa shape index (κ3) is 2.82. The molecule has 1 heterocycles. The first kappa shape index (κ1) is 14.1. The Hall–Kier alpha value is -2.30. The largest absolute Gasteiger partial charge is 0.508 e. The van der Waals surface area contributed by atoms with E-state index in [1.165, 1.54) is 0 Å². The number of rotatable bonds is 3. The molecule has 0 saturated heterocycles. The Kier molecular flexibility index (Phi) is 3.79. The number of carbonyl (C=O) groups is 1. The number of nitrogens with one attached hydrogen (secondary N) is 1. The maximum absolute atomic E-state index is 12.1. The van der Waals surface area contributed by atoms with Crippen LogP contribution in [-0.2, 0) is 7.05 Å². The molecule has 1 amide bonds. The molecule has 2 aromatic rings. The van der Waals surface area contributed by atoms with E-state index in [-0.39, 0.29) is 17.6 Å². The highest BCUT2D eigenvalue weighted by Crippen LogP contribution is 2.31. The van der Waals surface area contributed by atoms with Crippen molar-refractivity contribution in [2.45, 2.75) is 26.7 Å². The van der Waals surface area contributed by atoms with Crippen LogP contribution in [0, 0.1) is 6.92 Å². The summed E-state index contributed by atoms with van der Waals surface area (Å²) in [6.07, 6.45) is 1.72. The van der Waals surface area contributed by atoms with Crippen molar-refractivity contribution in [3.8, 4) is 5.75 Å². The highest BCUT2D eigenvalue weighted by molar-refractivity contribution is 6.03. The number of phenolic OH excluding ortho intramolecular Hbond substituents is 1. The Labute approximate surface area is 118 Å². The molecule has 1 aromatic heterocycles. The summed E-state index contributed by atoms with van der Waals surface area (Å²) in [5.41, 5.74) is 2.69. The molecule has 0 spiro atoms. The van der Waals surface area contributed by atoms with Crippen molar-refractivity contribution in [2.75, 3.05) is 5.32 Å². The van der Waals surface area contributed by atoms with E-state index < -0.39 is 0 Å². The van der Waals surface area contributed by atoms with Gasteiger partial charge < -0.3 is 10.4 Å². The SMILES string of the molecule is Cc1cc(O)c(C(C)C)cc1NC(=O)c1ccn(C)n1. The highest BCUT2D eigenvalue weighted by atomic mass is 16.3. The van der Waals surface area contributed by atoms with E-state index in [2.05, 4.69) is 10.4 Å². The van der Waals surface area contributed by atoms with Gasteiger partial charge in [-0.05, 0) is 42.2 Å². The van der Waals surface area contributed by atoms with Crippen molar-refractivity contribution in [2.24, 2.45) is 7.05 Å². The lowest BCUT2D eigenvalue weighted by Gasteiger charge is -2.14. The third-order valence-electron chi connectivity index (χ3n) is 3.19. The van der Waals surface area contributed by atoms with Crippen molar-refractivity contribution in [3.05, 3.63) is 41.2 Å². The first-order valence-electron chi connectivity index (χ1n) is 6.53. The topological polar surface area (TPSA) is 67.2 Å². The van der Waals surface area contributed by atoms with Gasteiger partial charge in [0.15, 0.2) is 5.69 Å². The summed E-state index contributed by atoms with van der Waals surface area (Å²) in [6, 6.07) is 5.15. The Bertz CT molecular complexity index is 645. The van der Waals surface area contributed by atoms with E-state index in [4.69, 9.17) is 0 Å². The summed E-state index contributed by atoms with van der Waals surface area (Å²) in [5, 5.41) is 16.8. The molecule has 20 heavy (non-hydrogen) atoms. The molecular formula is C15H19N3O2. The second-order valence-electron chi connectivity index (χ2n) is 5.21. The van der Waals surface area contributed by atoms with Gasteiger partial charge in [-0.25, -0.2) is 0 Å². The first-order valence-corrected chi connectivity index (χ1v) is 6.53. The molecule has 5 nitrogen and oxygen atoms in total. The predicted molar refractivity (Wildman–Crippen MR) is 78.1 cm³/mol. The zero-order chi connectivity index (χ0) is 14.9. The fourth-order valence-electron chi connectivity index (χ4n) is 2.03. The maximum atomic E-state index is 12.1. The second-order valence-corrected chi connectivity index (χ2v) is 5.21. The number of hydrogen-bond acceptors (Lipinski definition) is 3. The number of hydrogen-bond donors (Lipinski definition) is 2. The Morgan fingerprint density at radius 2 is 2.10 bits per heavy atom. The van der Waals surface area contributed by atoms with Crippen LogP contribution < -0.4 is 5.32 Å². The van der Waals surface area contributed by atoms with Gasteiger partial charge >= 0.3 is 0 Å². The Morgan fingerprint density at radius 1 is 1.40 bits per heavy atom. The van der Waals surface area contributed by atoms with Gasteiger partial charge in [0, 0.05) is 18.9 Å². The minimum absolute atomic E-state index is 0.182. The normalized spacial score (nSPS) is 10.8. The number of phenols is 1. The van der Waals surface area contributed by atoms with Crippen molar-refractivity contribution in [3.63, 3.8) is 0 Å². The quantitative estimate of drug-likeness (QED) is 0.845. The summed E-state index contributed by atoms with van der Waals surface area (Å²) in [4.78, 5) is 12.1. The average molecular weight is 273 g/mol. The van der Waals surface area contributed by atoms with Crippen LogP contribution in [0.3, 0.4) is 0 Å².